The topological polar surface area (TPSA) is 84.9 Å². The molecule has 178 valence electrons. The summed E-state index contributed by atoms with van der Waals surface area (Å²) in [7, 11) is 1.45. The molecular weight excluding hydrogens is 503 g/mol. The number of benzene rings is 2. The minimum absolute atomic E-state index is 0.117. The van der Waals surface area contributed by atoms with Gasteiger partial charge in [0.05, 0.1) is 12.1 Å². The molecule has 2 aromatic carbocycles. The number of ether oxygens (including phenoxy) is 2. The summed E-state index contributed by atoms with van der Waals surface area (Å²) in [6, 6.07) is 7.31. The summed E-state index contributed by atoms with van der Waals surface area (Å²) in [6.07, 6.45) is 4.71. The van der Waals surface area contributed by atoms with Crippen molar-refractivity contribution in [3.63, 3.8) is 0 Å². The molecule has 4 rings (SSSR count). The second kappa shape index (κ2) is 10.3. The van der Waals surface area contributed by atoms with Gasteiger partial charge in [-0.1, -0.05) is 53.7 Å². The number of halogens is 3. The molecule has 0 unspecified atom stereocenters. The highest BCUT2D eigenvalue weighted by atomic mass is 35.5. The lowest BCUT2D eigenvalue weighted by molar-refractivity contribution is -0.131. The third kappa shape index (κ3) is 5.02. The van der Waals surface area contributed by atoms with Crippen molar-refractivity contribution in [2.75, 3.05) is 7.11 Å². The van der Waals surface area contributed by atoms with Crippen LogP contribution in [0.15, 0.2) is 35.9 Å². The van der Waals surface area contributed by atoms with Gasteiger partial charge in [0.1, 0.15) is 12.2 Å². The van der Waals surface area contributed by atoms with Crippen molar-refractivity contribution < 1.29 is 23.9 Å². The summed E-state index contributed by atoms with van der Waals surface area (Å²) in [5.74, 6) is -0.790. The summed E-state index contributed by atoms with van der Waals surface area (Å²) >= 11 is 18.6. The van der Waals surface area contributed by atoms with Crippen LogP contribution in [0.4, 0.5) is 4.79 Å². The largest absolute Gasteiger partial charge is 0.493 e. The Bertz CT molecular complexity index is 1190. The maximum atomic E-state index is 13.0. The number of carbonyl (C=O) groups is 3. The van der Waals surface area contributed by atoms with Gasteiger partial charge >= 0.3 is 6.03 Å². The normalized spacial score (nSPS) is 17.9. The maximum Gasteiger partial charge on any atom is 0.331 e. The van der Waals surface area contributed by atoms with Crippen LogP contribution in [0.5, 0.6) is 11.5 Å². The summed E-state index contributed by atoms with van der Waals surface area (Å²) in [5, 5.41) is 3.43. The number of amides is 4. The van der Waals surface area contributed by atoms with E-state index in [0.29, 0.717) is 26.9 Å². The van der Waals surface area contributed by atoms with Crippen LogP contribution in [0.3, 0.4) is 0 Å². The Labute approximate surface area is 211 Å². The third-order valence-electron chi connectivity index (χ3n) is 5.77. The van der Waals surface area contributed by atoms with Gasteiger partial charge in [-0.25, -0.2) is 4.79 Å². The maximum absolute atomic E-state index is 13.0. The number of hydrogen-bond acceptors (Lipinski definition) is 5. The van der Waals surface area contributed by atoms with Crippen LogP contribution in [0.25, 0.3) is 6.08 Å². The second-order valence-corrected chi connectivity index (χ2v) is 9.24. The molecule has 0 spiro atoms. The summed E-state index contributed by atoms with van der Waals surface area (Å²) in [5.41, 5.74) is 1.00. The minimum Gasteiger partial charge on any atom is -0.493 e. The first-order valence-electron chi connectivity index (χ1n) is 10.6. The standard InChI is InChI=1S/C24H21Cl3N2O5/c1-33-20-10-13(9-19(27)21(20)34-12-14-6-7-15(25)11-18(14)26)8-17-22(30)28-24(32)29(23(17)31)16-4-2-3-5-16/h6-11,16H,2-5,12H2,1H3,(H,28,30,32)/b17-8+. The lowest BCUT2D eigenvalue weighted by atomic mass is 10.0. The van der Waals surface area contributed by atoms with E-state index < -0.39 is 17.8 Å². The van der Waals surface area contributed by atoms with Gasteiger partial charge in [0, 0.05) is 21.7 Å². The lowest BCUT2D eigenvalue weighted by Crippen LogP contribution is -2.57. The van der Waals surface area contributed by atoms with E-state index in [-0.39, 0.29) is 29.0 Å². The van der Waals surface area contributed by atoms with Crippen LogP contribution >= 0.6 is 34.8 Å². The number of barbiturate groups is 1. The van der Waals surface area contributed by atoms with Crippen molar-refractivity contribution in [3.8, 4) is 11.5 Å². The number of urea groups is 1. The molecule has 2 aliphatic rings. The Kier molecular flexibility index (Phi) is 7.36. The lowest BCUT2D eigenvalue weighted by Gasteiger charge is -2.31. The third-order valence-corrected chi connectivity index (χ3v) is 6.64. The smallest absolute Gasteiger partial charge is 0.331 e. The molecule has 1 heterocycles. The van der Waals surface area contributed by atoms with E-state index in [0.717, 1.165) is 30.6 Å². The molecule has 1 aliphatic heterocycles. The average molecular weight is 524 g/mol. The van der Waals surface area contributed by atoms with Crippen LogP contribution in [0.1, 0.15) is 36.8 Å². The van der Waals surface area contributed by atoms with Gasteiger partial charge in [-0.3, -0.25) is 19.8 Å². The molecule has 2 aromatic rings. The second-order valence-electron chi connectivity index (χ2n) is 7.99. The summed E-state index contributed by atoms with van der Waals surface area (Å²) in [6.45, 7) is 0.117. The quantitative estimate of drug-likeness (QED) is 0.391. The molecule has 4 amide bonds. The molecule has 0 atom stereocenters. The highest BCUT2D eigenvalue weighted by Crippen LogP contribution is 2.38. The number of carbonyl (C=O) groups excluding carboxylic acids is 3. The van der Waals surface area contributed by atoms with Gasteiger partial charge in [0.2, 0.25) is 0 Å². The number of rotatable bonds is 6. The van der Waals surface area contributed by atoms with Crippen LogP contribution in [-0.2, 0) is 16.2 Å². The van der Waals surface area contributed by atoms with Crippen LogP contribution in [0, 0.1) is 0 Å². The van der Waals surface area contributed by atoms with E-state index in [1.807, 2.05) is 0 Å². The molecule has 0 aromatic heterocycles. The molecule has 10 heteroatoms. The Morgan fingerprint density at radius 3 is 2.47 bits per heavy atom. The highest BCUT2D eigenvalue weighted by Gasteiger charge is 2.40. The molecule has 34 heavy (non-hydrogen) atoms. The van der Waals surface area contributed by atoms with E-state index in [1.165, 1.54) is 13.2 Å². The Morgan fingerprint density at radius 1 is 1.06 bits per heavy atom. The molecule has 1 N–H and O–H groups in total. The van der Waals surface area contributed by atoms with Gasteiger partial charge in [-0.05, 0) is 48.7 Å². The van der Waals surface area contributed by atoms with Crippen molar-refractivity contribution >= 4 is 58.7 Å². The Hall–Kier alpha value is -2.74. The highest BCUT2D eigenvalue weighted by molar-refractivity contribution is 6.35. The monoisotopic (exact) mass is 522 g/mol. The van der Waals surface area contributed by atoms with Gasteiger partial charge in [0.25, 0.3) is 11.8 Å². The van der Waals surface area contributed by atoms with E-state index in [2.05, 4.69) is 5.32 Å². The molecule has 1 aliphatic carbocycles. The van der Waals surface area contributed by atoms with Crippen LogP contribution < -0.4 is 14.8 Å². The van der Waals surface area contributed by atoms with Gasteiger partial charge in [-0.15, -0.1) is 0 Å². The fourth-order valence-electron chi connectivity index (χ4n) is 4.08. The van der Waals surface area contributed by atoms with Gasteiger partial charge in [-0.2, -0.15) is 0 Å². The van der Waals surface area contributed by atoms with E-state index >= 15 is 0 Å². The van der Waals surface area contributed by atoms with Crippen LogP contribution in [-0.4, -0.2) is 35.9 Å². The van der Waals surface area contributed by atoms with E-state index in [4.69, 9.17) is 44.3 Å². The zero-order valence-corrected chi connectivity index (χ0v) is 20.5. The Morgan fingerprint density at radius 2 is 1.79 bits per heavy atom. The van der Waals surface area contributed by atoms with Crippen LogP contribution in [0.2, 0.25) is 15.1 Å². The van der Waals surface area contributed by atoms with Crippen molar-refractivity contribution in [3.05, 3.63) is 62.1 Å². The molecule has 1 saturated carbocycles. The fourth-order valence-corrected chi connectivity index (χ4v) is 4.82. The zero-order valence-electron chi connectivity index (χ0n) is 18.2. The first-order valence-corrected chi connectivity index (χ1v) is 11.8. The summed E-state index contributed by atoms with van der Waals surface area (Å²) in [4.78, 5) is 38.9. The molecule has 0 bridgehead atoms. The number of nitrogens with zero attached hydrogens (tertiary/aromatic N) is 1. The van der Waals surface area contributed by atoms with Crippen molar-refractivity contribution in [1.82, 2.24) is 10.2 Å². The predicted octanol–water partition coefficient (Wildman–Crippen LogP) is 5.64. The van der Waals surface area contributed by atoms with E-state index in [1.54, 1.807) is 30.3 Å². The molecule has 7 nitrogen and oxygen atoms in total. The molecule has 0 radical (unpaired) electrons. The number of methoxy groups -OCH3 is 1. The molecular formula is C24H21Cl3N2O5. The van der Waals surface area contributed by atoms with E-state index in [9.17, 15) is 14.4 Å². The zero-order chi connectivity index (χ0) is 24.4. The molecule has 1 saturated heterocycles. The van der Waals surface area contributed by atoms with Crippen molar-refractivity contribution in [2.24, 2.45) is 0 Å². The van der Waals surface area contributed by atoms with Gasteiger partial charge in [0.15, 0.2) is 11.5 Å². The number of imide groups is 2. The van der Waals surface area contributed by atoms with Crippen molar-refractivity contribution in [1.29, 1.82) is 0 Å². The minimum atomic E-state index is -0.753. The summed E-state index contributed by atoms with van der Waals surface area (Å²) < 4.78 is 11.3. The fraction of sp³-hybridized carbons (Fsp3) is 0.292. The first kappa shape index (κ1) is 24.4. The first-order chi connectivity index (χ1) is 16.3. The van der Waals surface area contributed by atoms with Crippen molar-refractivity contribution in [2.45, 2.75) is 38.3 Å². The number of hydrogen-bond donors (Lipinski definition) is 1. The Balaban J connectivity index is 1.60. The number of nitrogens with one attached hydrogen (secondary N) is 1. The van der Waals surface area contributed by atoms with Gasteiger partial charge < -0.3 is 9.47 Å². The average Bonchev–Trinajstić information content (AvgIpc) is 3.31. The predicted molar refractivity (Wildman–Crippen MR) is 129 cm³/mol. The molecule has 2 fully saturated rings. The SMILES string of the molecule is COc1cc(/C=C2\C(=O)NC(=O)N(C3CCCC3)C2=O)cc(Cl)c1OCc1ccc(Cl)cc1Cl.